The summed E-state index contributed by atoms with van der Waals surface area (Å²) in [6, 6.07) is 8.42. The molecule has 0 bridgehead atoms. The maximum Gasteiger partial charge on any atom is 0.266 e. The van der Waals surface area contributed by atoms with Crippen LogP contribution < -0.4 is 4.90 Å². The summed E-state index contributed by atoms with van der Waals surface area (Å²) in [7, 11) is 0. The normalized spacial score (nSPS) is 20.1. The lowest BCUT2D eigenvalue weighted by atomic mass is 9.99. The van der Waals surface area contributed by atoms with Crippen LogP contribution in [0.15, 0.2) is 77.9 Å². The zero-order valence-corrected chi connectivity index (χ0v) is 17.1. The zero-order chi connectivity index (χ0) is 19.2. The van der Waals surface area contributed by atoms with Crippen molar-refractivity contribution in [2.24, 2.45) is 0 Å². The summed E-state index contributed by atoms with van der Waals surface area (Å²) in [6.45, 7) is 5.64. The van der Waals surface area contributed by atoms with Crippen LogP contribution in [-0.2, 0) is 4.79 Å². The molecule has 3 rings (SSSR count). The van der Waals surface area contributed by atoms with Crippen LogP contribution >= 0.6 is 24.0 Å². The zero-order valence-electron chi connectivity index (χ0n) is 15.5. The number of rotatable bonds is 5. The van der Waals surface area contributed by atoms with Gasteiger partial charge in [-0.15, -0.1) is 0 Å². The maximum atomic E-state index is 12.1. The van der Waals surface area contributed by atoms with E-state index in [4.69, 9.17) is 12.2 Å². The van der Waals surface area contributed by atoms with Gasteiger partial charge in [0.2, 0.25) is 0 Å². The van der Waals surface area contributed by atoms with E-state index in [0.717, 1.165) is 6.54 Å². The highest BCUT2D eigenvalue weighted by atomic mass is 32.2. The van der Waals surface area contributed by atoms with Crippen molar-refractivity contribution in [3.63, 3.8) is 0 Å². The third-order valence-electron chi connectivity index (χ3n) is 4.35. The minimum atomic E-state index is -0.00678. The molecule has 5 heteroatoms. The van der Waals surface area contributed by atoms with Gasteiger partial charge in [0.05, 0.1) is 4.91 Å². The Kier molecular flexibility index (Phi) is 6.48. The summed E-state index contributed by atoms with van der Waals surface area (Å²) < 4.78 is 0.631. The monoisotopic (exact) mass is 394 g/mol. The van der Waals surface area contributed by atoms with Crippen molar-refractivity contribution in [1.29, 1.82) is 0 Å². The van der Waals surface area contributed by atoms with E-state index in [1.165, 1.54) is 28.6 Å². The van der Waals surface area contributed by atoms with Crippen LogP contribution in [0.3, 0.4) is 0 Å². The molecule has 0 spiro atoms. The molecular formula is C22H22N2OS2. The highest BCUT2D eigenvalue weighted by molar-refractivity contribution is 8.26. The number of benzene rings is 1. The van der Waals surface area contributed by atoms with Crippen molar-refractivity contribution < 1.29 is 4.79 Å². The number of amides is 1. The van der Waals surface area contributed by atoms with Crippen molar-refractivity contribution in [2.45, 2.75) is 13.8 Å². The number of thiocarbonyl (C=S) groups is 1. The summed E-state index contributed by atoms with van der Waals surface area (Å²) in [5.74, 6) is -0.00678. The van der Waals surface area contributed by atoms with Gasteiger partial charge in [-0.05, 0) is 37.6 Å². The fourth-order valence-corrected chi connectivity index (χ4v) is 4.28. The Morgan fingerprint density at radius 2 is 1.78 bits per heavy atom. The second-order valence-corrected chi connectivity index (χ2v) is 7.63. The topological polar surface area (TPSA) is 23.6 Å². The Morgan fingerprint density at radius 3 is 2.48 bits per heavy atom. The van der Waals surface area contributed by atoms with Gasteiger partial charge < -0.3 is 4.90 Å². The van der Waals surface area contributed by atoms with Gasteiger partial charge in [0, 0.05) is 30.5 Å². The fraction of sp³-hybridized carbons (Fsp3) is 0.182. The van der Waals surface area contributed by atoms with Crippen LogP contribution in [0.25, 0.3) is 5.57 Å². The lowest BCUT2D eigenvalue weighted by Crippen LogP contribution is -2.27. The van der Waals surface area contributed by atoms with Crippen molar-refractivity contribution >= 4 is 45.5 Å². The fourth-order valence-electron chi connectivity index (χ4n) is 2.95. The summed E-state index contributed by atoms with van der Waals surface area (Å²) in [5, 5.41) is 0. The predicted molar refractivity (Wildman–Crippen MR) is 121 cm³/mol. The molecule has 0 atom stereocenters. The molecule has 1 saturated heterocycles. The molecule has 0 aliphatic carbocycles. The van der Waals surface area contributed by atoms with E-state index in [1.807, 2.05) is 37.3 Å². The van der Waals surface area contributed by atoms with E-state index in [-0.39, 0.29) is 5.91 Å². The number of hydrogen-bond acceptors (Lipinski definition) is 4. The molecule has 2 aliphatic heterocycles. The summed E-state index contributed by atoms with van der Waals surface area (Å²) in [4.78, 5) is 16.6. The highest BCUT2D eigenvalue weighted by Crippen LogP contribution is 2.32. The first-order valence-corrected chi connectivity index (χ1v) is 10.2. The number of para-hydroxylation sites is 1. The quantitative estimate of drug-likeness (QED) is 0.384. The smallest absolute Gasteiger partial charge is 0.266 e. The second kappa shape index (κ2) is 9.02. The minimum Gasteiger partial charge on any atom is -0.348 e. The number of carbonyl (C=O) groups is 1. The molecule has 138 valence electrons. The Hall–Kier alpha value is -2.37. The van der Waals surface area contributed by atoms with E-state index in [1.54, 1.807) is 4.90 Å². The molecule has 1 aromatic carbocycles. The molecule has 0 aromatic heterocycles. The number of hydrogen-bond donors (Lipinski definition) is 0. The standard InChI is InChI=1S/C22H22N2OS2/c1-3-23-16-15-17(18-12-9-10-13-19(18)23)11-7-5-6-8-14-20-21(25)24(4-2)22(26)27-20/h5-16H,3-4H2,1-2H3/b7-5+,8-6+,17-11-,20-14-. The largest absolute Gasteiger partial charge is 0.348 e. The van der Waals surface area contributed by atoms with Gasteiger partial charge in [-0.25, -0.2) is 0 Å². The average molecular weight is 395 g/mol. The first-order valence-electron chi connectivity index (χ1n) is 8.99. The van der Waals surface area contributed by atoms with Crippen LogP contribution in [0.1, 0.15) is 19.4 Å². The Bertz CT molecular complexity index is 893. The van der Waals surface area contributed by atoms with E-state index >= 15 is 0 Å². The summed E-state index contributed by atoms with van der Waals surface area (Å²) in [5.41, 5.74) is 3.65. The van der Waals surface area contributed by atoms with Crippen LogP contribution in [0.5, 0.6) is 0 Å². The third kappa shape index (κ3) is 4.31. The number of fused-ring (bicyclic) bond motifs is 1. The van der Waals surface area contributed by atoms with E-state index in [2.05, 4.69) is 54.4 Å². The molecule has 0 radical (unpaired) electrons. The van der Waals surface area contributed by atoms with E-state index in [9.17, 15) is 4.79 Å². The molecule has 2 heterocycles. The number of allylic oxidation sites excluding steroid dienone is 8. The van der Waals surface area contributed by atoms with Gasteiger partial charge in [0.25, 0.3) is 5.91 Å². The van der Waals surface area contributed by atoms with Crippen LogP contribution in [0.4, 0.5) is 5.69 Å². The highest BCUT2D eigenvalue weighted by Gasteiger charge is 2.29. The molecule has 2 aliphatic rings. The number of thioether (sulfide) groups is 1. The average Bonchev–Trinajstić information content (AvgIpc) is 2.97. The van der Waals surface area contributed by atoms with Crippen molar-refractivity contribution in [2.75, 3.05) is 18.0 Å². The third-order valence-corrected chi connectivity index (χ3v) is 5.74. The molecular weight excluding hydrogens is 372 g/mol. The van der Waals surface area contributed by atoms with Gasteiger partial charge in [0.15, 0.2) is 0 Å². The molecule has 3 nitrogen and oxygen atoms in total. The van der Waals surface area contributed by atoms with Gasteiger partial charge in [-0.1, -0.05) is 72.6 Å². The summed E-state index contributed by atoms with van der Waals surface area (Å²) in [6.07, 6.45) is 16.0. The van der Waals surface area contributed by atoms with Gasteiger partial charge in [-0.2, -0.15) is 0 Å². The Balaban J connectivity index is 1.68. The molecule has 27 heavy (non-hydrogen) atoms. The lowest BCUT2D eigenvalue weighted by molar-refractivity contribution is -0.122. The number of likely N-dealkylation sites (N-methyl/N-ethyl adjacent to an activating group) is 1. The Morgan fingerprint density at radius 1 is 1.04 bits per heavy atom. The van der Waals surface area contributed by atoms with Crippen LogP contribution in [-0.4, -0.2) is 28.2 Å². The van der Waals surface area contributed by atoms with Gasteiger partial charge >= 0.3 is 0 Å². The number of anilines is 1. The van der Waals surface area contributed by atoms with Crippen LogP contribution in [0, 0.1) is 0 Å². The van der Waals surface area contributed by atoms with Crippen LogP contribution in [0.2, 0.25) is 0 Å². The van der Waals surface area contributed by atoms with Crippen molar-refractivity contribution in [3.05, 3.63) is 83.5 Å². The molecule has 0 saturated carbocycles. The van der Waals surface area contributed by atoms with Crippen molar-refractivity contribution in [1.82, 2.24) is 4.90 Å². The minimum absolute atomic E-state index is 0.00678. The van der Waals surface area contributed by atoms with E-state index < -0.39 is 0 Å². The molecule has 1 amide bonds. The number of nitrogens with zero attached hydrogens (tertiary/aromatic N) is 2. The predicted octanol–water partition coefficient (Wildman–Crippen LogP) is 5.30. The second-order valence-electron chi connectivity index (χ2n) is 5.96. The van der Waals surface area contributed by atoms with Gasteiger partial charge in [-0.3, -0.25) is 9.69 Å². The van der Waals surface area contributed by atoms with Gasteiger partial charge in [0.1, 0.15) is 4.32 Å². The molecule has 1 aromatic rings. The maximum absolute atomic E-state index is 12.1. The summed E-state index contributed by atoms with van der Waals surface area (Å²) >= 11 is 6.56. The first kappa shape index (κ1) is 19.4. The Labute approximate surface area is 170 Å². The molecule has 0 N–H and O–H groups in total. The first-order chi connectivity index (χ1) is 13.2. The van der Waals surface area contributed by atoms with Crippen molar-refractivity contribution in [3.8, 4) is 0 Å². The molecule has 0 unspecified atom stereocenters. The lowest BCUT2D eigenvalue weighted by Gasteiger charge is -2.26. The number of carbonyl (C=O) groups excluding carboxylic acids is 1. The van der Waals surface area contributed by atoms with E-state index in [0.29, 0.717) is 15.8 Å². The molecule has 1 fully saturated rings. The SMILES string of the molecule is CCN1C(=O)/C(=C/C=C/C=C/C=C2/C=CN(CC)c3ccccc32)SC1=S.